The maximum absolute atomic E-state index is 11.9. The molecule has 5 unspecified atom stereocenters. The van der Waals surface area contributed by atoms with Gasteiger partial charge in [-0.3, -0.25) is 9.79 Å². The molecule has 2 fully saturated rings. The van der Waals surface area contributed by atoms with Gasteiger partial charge in [0.2, 0.25) is 0 Å². The van der Waals surface area contributed by atoms with Crippen molar-refractivity contribution in [3.63, 3.8) is 0 Å². The maximum atomic E-state index is 11.9. The predicted molar refractivity (Wildman–Crippen MR) is 71.8 cm³/mol. The van der Waals surface area contributed by atoms with Crippen LogP contribution in [0.5, 0.6) is 0 Å². The lowest BCUT2D eigenvalue weighted by atomic mass is 9.97. The Morgan fingerprint density at radius 2 is 2.16 bits per heavy atom. The molecule has 0 spiro atoms. The van der Waals surface area contributed by atoms with Crippen molar-refractivity contribution < 1.29 is 19.7 Å². The average Bonchev–Trinajstić information content (AvgIpc) is 2.76. The highest BCUT2D eigenvalue weighted by Gasteiger charge is 2.51. The van der Waals surface area contributed by atoms with Crippen molar-refractivity contribution in [2.45, 2.75) is 49.7 Å². The fourth-order valence-corrected chi connectivity index (χ4v) is 3.18. The highest BCUT2D eigenvalue weighted by molar-refractivity contribution is 8.14. The number of hydrogen-bond donors (Lipinski definition) is 4. The zero-order valence-corrected chi connectivity index (χ0v) is 11.8. The summed E-state index contributed by atoms with van der Waals surface area (Å²) in [6.45, 7) is 3.64. The number of thioether (sulfide) groups is 1. The smallest absolute Gasteiger partial charge is 0.252 e. The predicted octanol–water partition coefficient (Wildman–Crippen LogP) is -1.35. The summed E-state index contributed by atoms with van der Waals surface area (Å²) in [7, 11) is 1.62. The number of aliphatic imine (C=N–C) groups is 1. The molecule has 0 saturated carbocycles. The van der Waals surface area contributed by atoms with Gasteiger partial charge < -0.3 is 25.6 Å². The summed E-state index contributed by atoms with van der Waals surface area (Å²) in [5.74, 6) is -0.414. The SMILES string of the molecule is CN=C1NC2C(OC(C(=O)NC(C)C)C(O)C2O)S1. The number of fused-ring (bicyclic) bond motifs is 1. The van der Waals surface area contributed by atoms with Gasteiger partial charge in [0.15, 0.2) is 11.3 Å². The second kappa shape index (κ2) is 5.66. The number of nitrogens with zero attached hydrogens (tertiary/aromatic N) is 1. The first kappa shape index (κ1) is 14.6. The monoisotopic (exact) mass is 289 g/mol. The molecule has 8 heteroatoms. The van der Waals surface area contributed by atoms with Crippen molar-refractivity contribution in [1.29, 1.82) is 0 Å². The fourth-order valence-electron chi connectivity index (χ4n) is 2.10. The minimum absolute atomic E-state index is 0.0553. The molecule has 0 aromatic heterocycles. The van der Waals surface area contributed by atoms with Gasteiger partial charge in [-0.2, -0.15) is 0 Å². The number of amides is 1. The normalized spacial score (nSPS) is 40.1. The van der Waals surface area contributed by atoms with Gasteiger partial charge in [-0.15, -0.1) is 0 Å². The minimum atomic E-state index is -1.26. The highest BCUT2D eigenvalue weighted by Crippen LogP contribution is 2.33. The molecule has 0 aliphatic carbocycles. The summed E-state index contributed by atoms with van der Waals surface area (Å²) < 4.78 is 5.59. The summed E-state index contributed by atoms with van der Waals surface area (Å²) in [5.41, 5.74) is -0.431. The lowest BCUT2D eigenvalue weighted by Gasteiger charge is -2.38. The molecule has 0 bridgehead atoms. The topological polar surface area (TPSA) is 103 Å². The molecular weight excluding hydrogens is 270 g/mol. The van der Waals surface area contributed by atoms with Gasteiger partial charge in [0.25, 0.3) is 5.91 Å². The van der Waals surface area contributed by atoms with Crippen LogP contribution in [0.15, 0.2) is 4.99 Å². The zero-order chi connectivity index (χ0) is 14.2. The first-order valence-corrected chi connectivity index (χ1v) is 7.04. The Morgan fingerprint density at radius 1 is 1.47 bits per heavy atom. The second-order valence-electron chi connectivity index (χ2n) is 4.89. The minimum Gasteiger partial charge on any atom is -0.388 e. The Hall–Kier alpha value is -0.830. The van der Waals surface area contributed by atoms with Gasteiger partial charge in [-0.05, 0) is 13.8 Å². The zero-order valence-electron chi connectivity index (χ0n) is 11.0. The number of hydrogen-bond acceptors (Lipinski definition) is 6. The number of nitrogens with one attached hydrogen (secondary N) is 2. The number of ether oxygens (including phenoxy) is 1. The van der Waals surface area contributed by atoms with E-state index < -0.39 is 35.7 Å². The second-order valence-corrected chi connectivity index (χ2v) is 5.97. The van der Waals surface area contributed by atoms with Gasteiger partial charge in [0.1, 0.15) is 17.6 Å². The van der Waals surface area contributed by atoms with Gasteiger partial charge in [0.05, 0.1) is 6.04 Å². The van der Waals surface area contributed by atoms with E-state index in [1.54, 1.807) is 7.05 Å². The number of aliphatic hydroxyl groups is 2. The van der Waals surface area contributed by atoms with Gasteiger partial charge in [0, 0.05) is 13.1 Å². The summed E-state index contributed by atoms with van der Waals surface area (Å²) >= 11 is 1.31. The van der Waals surface area contributed by atoms with Crippen LogP contribution in [0.2, 0.25) is 0 Å². The molecule has 5 atom stereocenters. The fraction of sp³-hybridized carbons (Fsp3) is 0.818. The average molecular weight is 289 g/mol. The van der Waals surface area contributed by atoms with Gasteiger partial charge in [-0.1, -0.05) is 11.8 Å². The van der Waals surface area contributed by atoms with Crippen molar-refractivity contribution in [1.82, 2.24) is 10.6 Å². The Bertz CT molecular complexity index is 390. The van der Waals surface area contributed by atoms with E-state index in [0.717, 1.165) is 0 Å². The molecule has 108 valence electrons. The standard InChI is InChI=1S/C11H19N3O4S/c1-4(2)13-9(17)8-7(16)6(15)5-10(18-8)19-11(12-3)14-5/h4-8,10,15-16H,1-3H3,(H,12,14)(H,13,17). The highest BCUT2D eigenvalue weighted by atomic mass is 32.2. The van der Waals surface area contributed by atoms with E-state index in [4.69, 9.17) is 4.74 Å². The molecule has 1 amide bonds. The van der Waals surface area contributed by atoms with Crippen molar-refractivity contribution in [3.05, 3.63) is 0 Å². The molecule has 0 aromatic carbocycles. The van der Waals surface area contributed by atoms with Crippen LogP contribution in [-0.2, 0) is 9.53 Å². The summed E-state index contributed by atoms with van der Waals surface area (Å²) in [6.07, 6.45) is -3.40. The first-order valence-electron chi connectivity index (χ1n) is 6.16. The van der Waals surface area contributed by atoms with Crippen molar-refractivity contribution in [2.75, 3.05) is 7.05 Å². The molecule has 2 heterocycles. The third-order valence-corrected chi connectivity index (χ3v) is 4.17. The van der Waals surface area contributed by atoms with E-state index in [-0.39, 0.29) is 6.04 Å². The number of aliphatic hydroxyl groups excluding tert-OH is 2. The van der Waals surface area contributed by atoms with Gasteiger partial charge >= 0.3 is 0 Å². The van der Waals surface area contributed by atoms with Crippen LogP contribution >= 0.6 is 11.8 Å². The van der Waals surface area contributed by atoms with Crippen molar-refractivity contribution in [2.24, 2.45) is 4.99 Å². The van der Waals surface area contributed by atoms with E-state index >= 15 is 0 Å². The third kappa shape index (κ3) is 2.86. The molecule has 19 heavy (non-hydrogen) atoms. The lowest BCUT2D eigenvalue weighted by Crippen LogP contribution is -2.62. The first-order chi connectivity index (χ1) is 8.93. The van der Waals surface area contributed by atoms with Gasteiger partial charge in [-0.25, -0.2) is 0 Å². The van der Waals surface area contributed by atoms with Crippen molar-refractivity contribution in [3.8, 4) is 0 Å². The molecule has 2 aliphatic rings. The molecule has 2 aliphatic heterocycles. The third-order valence-electron chi connectivity index (χ3n) is 3.01. The molecule has 2 saturated heterocycles. The van der Waals surface area contributed by atoms with Crippen LogP contribution in [-0.4, -0.2) is 64.2 Å². The number of carbonyl (C=O) groups excluding carboxylic acids is 1. The Balaban J connectivity index is 2.10. The number of rotatable bonds is 2. The van der Waals surface area contributed by atoms with Crippen molar-refractivity contribution >= 4 is 22.8 Å². The Morgan fingerprint density at radius 3 is 2.74 bits per heavy atom. The maximum Gasteiger partial charge on any atom is 0.252 e. The van der Waals surface area contributed by atoms with E-state index in [2.05, 4.69) is 15.6 Å². The molecule has 0 aromatic rings. The van der Waals surface area contributed by atoms with Crippen LogP contribution in [0.25, 0.3) is 0 Å². The molecule has 2 rings (SSSR count). The van der Waals surface area contributed by atoms with Crippen LogP contribution in [0.1, 0.15) is 13.8 Å². The Labute approximate surface area is 115 Å². The summed E-state index contributed by atoms with van der Waals surface area (Å²) in [4.78, 5) is 15.9. The summed E-state index contributed by atoms with van der Waals surface area (Å²) in [6, 6.07) is -0.512. The number of carbonyl (C=O) groups is 1. The molecule has 4 N–H and O–H groups in total. The summed E-state index contributed by atoms with van der Waals surface area (Å²) in [5, 5.41) is 26.3. The van der Waals surface area contributed by atoms with E-state index in [0.29, 0.717) is 5.17 Å². The van der Waals surface area contributed by atoms with E-state index in [1.165, 1.54) is 11.8 Å². The van der Waals surface area contributed by atoms with Crippen LogP contribution in [0.4, 0.5) is 0 Å². The van der Waals surface area contributed by atoms with E-state index in [9.17, 15) is 15.0 Å². The number of amidine groups is 1. The largest absolute Gasteiger partial charge is 0.388 e. The Kier molecular flexibility index (Phi) is 4.34. The van der Waals surface area contributed by atoms with Crippen LogP contribution < -0.4 is 10.6 Å². The quantitative estimate of drug-likeness (QED) is 0.501. The lowest BCUT2D eigenvalue weighted by molar-refractivity contribution is -0.173. The molecule has 7 nitrogen and oxygen atoms in total. The molecule has 0 radical (unpaired) electrons. The molecular formula is C11H19N3O4S. The van der Waals surface area contributed by atoms with Crippen LogP contribution in [0.3, 0.4) is 0 Å². The van der Waals surface area contributed by atoms with E-state index in [1.807, 2.05) is 13.8 Å². The van der Waals surface area contributed by atoms with Crippen LogP contribution in [0, 0.1) is 0 Å².